The second-order valence-corrected chi connectivity index (χ2v) is 6.77. The predicted octanol–water partition coefficient (Wildman–Crippen LogP) is 4.01. The van der Waals surface area contributed by atoms with Gasteiger partial charge < -0.3 is 19.6 Å². The van der Waals surface area contributed by atoms with Crippen LogP contribution in [0, 0.1) is 0 Å². The summed E-state index contributed by atoms with van der Waals surface area (Å²) in [5.41, 5.74) is 2.68. The second-order valence-electron chi connectivity index (χ2n) is 6.36. The molecule has 1 atom stereocenters. The van der Waals surface area contributed by atoms with Gasteiger partial charge in [-0.1, -0.05) is 29.8 Å². The Labute approximate surface area is 168 Å². The monoisotopic (exact) mass is 402 g/mol. The highest BCUT2D eigenvalue weighted by Crippen LogP contribution is 2.33. The highest BCUT2D eigenvalue weighted by atomic mass is 35.5. The summed E-state index contributed by atoms with van der Waals surface area (Å²) in [6, 6.07) is 10.5. The Morgan fingerprint density at radius 3 is 2.75 bits per heavy atom. The Kier molecular flexibility index (Phi) is 6.44. The lowest BCUT2D eigenvalue weighted by atomic mass is 10.0. The zero-order valence-electron chi connectivity index (χ0n) is 15.8. The summed E-state index contributed by atoms with van der Waals surface area (Å²) in [5.74, 6) is 0.207. The summed E-state index contributed by atoms with van der Waals surface area (Å²) in [7, 11) is 1.56. The Hall–Kier alpha value is -2.70. The van der Waals surface area contributed by atoms with Crippen LogP contribution in [0.1, 0.15) is 18.1 Å². The number of aromatic nitrogens is 1. The van der Waals surface area contributed by atoms with Crippen molar-refractivity contribution in [1.29, 1.82) is 0 Å². The van der Waals surface area contributed by atoms with Crippen molar-refractivity contribution in [3.05, 3.63) is 58.7 Å². The molecule has 148 valence electrons. The number of hydrogen-bond acceptors (Lipinski definition) is 4. The molecular weight excluding hydrogens is 380 g/mol. The SMILES string of the molecule is CCOc1cc(Cl)c(CNC(Cc2c[nH]c3ccccc23)C(=O)O)cc1OC. The predicted molar refractivity (Wildman–Crippen MR) is 109 cm³/mol. The van der Waals surface area contributed by atoms with Gasteiger partial charge in [0.1, 0.15) is 6.04 Å². The molecule has 3 rings (SSSR count). The van der Waals surface area contributed by atoms with Gasteiger partial charge in [-0.2, -0.15) is 0 Å². The fourth-order valence-electron chi connectivity index (χ4n) is 3.14. The fourth-order valence-corrected chi connectivity index (χ4v) is 3.36. The molecule has 0 spiro atoms. The van der Waals surface area contributed by atoms with E-state index in [1.54, 1.807) is 19.2 Å². The van der Waals surface area contributed by atoms with E-state index in [0.29, 0.717) is 36.1 Å². The minimum Gasteiger partial charge on any atom is -0.493 e. The Balaban J connectivity index is 1.76. The average Bonchev–Trinajstić information content (AvgIpc) is 3.09. The summed E-state index contributed by atoms with van der Waals surface area (Å²) >= 11 is 6.35. The van der Waals surface area contributed by atoms with Gasteiger partial charge in [0, 0.05) is 41.2 Å². The first-order valence-corrected chi connectivity index (χ1v) is 9.41. The largest absolute Gasteiger partial charge is 0.493 e. The van der Waals surface area contributed by atoms with Crippen LogP contribution in [0.5, 0.6) is 11.5 Å². The highest BCUT2D eigenvalue weighted by molar-refractivity contribution is 6.31. The van der Waals surface area contributed by atoms with Gasteiger partial charge in [0.2, 0.25) is 0 Å². The zero-order valence-corrected chi connectivity index (χ0v) is 16.5. The number of benzene rings is 2. The van der Waals surface area contributed by atoms with Crippen molar-refractivity contribution in [3.63, 3.8) is 0 Å². The first kappa shape index (κ1) is 20.0. The standard InChI is InChI=1S/C21H23ClN2O4/c1-3-28-20-10-16(22)14(9-19(20)27-2)12-24-18(21(25)26)8-13-11-23-17-7-5-4-6-15(13)17/h4-7,9-11,18,23-24H,3,8,12H2,1-2H3,(H,25,26). The van der Waals surface area contributed by atoms with E-state index < -0.39 is 12.0 Å². The molecule has 0 radical (unpaired) electrons. The lowest BCUT2D eigenvalue weighted by Crippen LogP contribution is -2.38. The van der Waals surface area contributed by atoms with Crippen molar-refractivity contribution in [2.75, 3.05) is 13.7 Å². The van der Waals surface area contributed by atoms with Crippen LogP contribution in [0.15, 0.2) is 42.6 Å². The van der Waals surface area contributed by atoms with Crippen LogP contribution in [-0.4, -0.2) is 35.8 Å². The van der Waals surface area contributed by atoms with Gasteiger partial charge in [-0.05, 0) is 30.2 Å². The molecule has 0 amide bonds. The lowest BCUT2D eigenvalue weighted by molar-refractivity contribution is -0.139. The number of halogens is 1. The van der Waals surface area contributed by atoms with E-state index in [1.807, 2.05) is 37.4 Å². The molecule has 7 heteroatoms. The van der Waals surface area contributed by atoms with Crippen molar-refractivity contribution in [1.82, 2.24) is 10.3 Å². The molecule has 0 saturated carbocycles. The molecule has 0 aliphatic rings. The molecule has 3 N–H and O–H groups in total. The number of aliphatic carboxylic acids is 1. The van der Waals surface area contributed by atoms with Crippen LogP contribution in [-0.2, 0) is 17.8 Å². The second kappa shape index (κ2) is 8.99. The minimum atomic E-state index is -0.917. The van der Waals surface area contributed by atoms with Gasteiger partial charge >= 0.3 is 5.97 Å². The van der Waals surface area contributed by atoms with E-state index in [1.165, 1.54) is 0 Å². The molecule has 0 aliphatic heterocycles. The first-order chi connectivity index (χ1) is 13.5. The molecule has 0 saturated heterocycles. The molecule has 1 aromatic heterocycles. The van der Waals surface area contributed by atoms with Gasteiger partial charge in [0.25, 0.3) is 0 Å². The molecule has 1 heterocycles. The first-order valence-electron chi connectivity index (χ1n) is 9.03. The fraction of sp³-hybridized carbons (Fsp3) is 0.286. The number of methoxy groups -OCH3 is 1. The van der Waals surface area contributed by atoms with E-state index in [0.717, 1.165) is 22.0 Å². The number of fused-ring (bicyclic) bond motifs is 1. The summed E-state index contributed by atoms with van der Waals surface area (Å²) in [4.78, 5) is 15.0. The lowest BCUT2D eigenvalue weighted by Gasteiger charge is -2.17. The van der Waals surface area contributed by atoms with E-state index in [4.69, 9.17) is 21.1 Å². The van der Waals surface area contributed by atoms with Gasteiger partial charge in [0.15, 0.2) is 11.5 Å². The molecule has 1 unspecified atom stereocenters. The van der Waals surface area contributed by atoms with Crippen molar-refractivity contribution >= 4 is 28.5 Å². The molecule has 6 nitrogen and oxygen atoms in total. The number of carboxylic acid groups (broad SMARTS) is 1. The van der Waals surface area contributed by atoms with Crippen molar-refractivity contribution in [2.45, 2.75) is 25.9 Å². The maximum absolute atomic E-state index is 11.8. The summed E-state index contributed by atoms with van der Waals surface area (Å²) in [6.45, 7) is 2.67. The van der Waals surface area contributed by atoms with E-state index in [2.05, 4.69) is 10.3 Å². The quantitative estimate of drug-likeness (QED) is 0.503. The van der Waals surface area contributed by atoms with Crippen molar-refractivity contribution in [2.24, 2.45) is 0 Å². The Morgan fingerprint density at radius 1 is 1.25 bits per heavy atom. The minimum absolute atomic E-state index is 0.293. The number of nitrogens with one attached hydrogen (secondary N) is 2. The smallest absolute Gasteiger partial charge is 0.321 e. The molecule has 3 aromatic rings. The number of rotatable bonds is 9. The molecule has 0 aliphatic carbocycles. The maximum Gasteiger partial charge on any atom is 0.321 e. The third-order valence-electron chi connectivity index (χ3n) is 4.57. The van der Waals surface area contributed by atoms with Crippen LogP contribution in [0.25, 0.3) is 10.9 Å². The molecular formula is C21H23ClN2O4. The van der Waals surface area contributed by atoms with Gasteiger partial charge in [0.05, 0.1) is 13.7 Å². The summed E-state index contributed by atoms with van der Waals surface area (Å²) in [5, 5.41) is 14.3. The number of H-pyrrole nitrogens is 1. The Morgan fingerprint density at radius 2 is 2.04 bits per heavy atom. The third kappa shape index (κ3) is 4.40. The number of carboxylic acids is 1. The summed E-state index contributed by atoms with van der Waals surface area (Å²) in [6.07, 6.45) is 2.21. The summed E-state index contributed by atoms with van der Waals surface area (Å²) < 4.78 is 10.9. The van der Waals surface area contributed by atoms with Crippen molar-refractivity contribution in [3.8, 4) is 11.5 Å². The topological polar surface area (TPSA) is 83.6 Å². The molecule has 0 bridgehead atoms. The van der Waals surface area contributed by atoms with E-state index >= 15 is 0 Å². The number of ether oxygens (including phenoxy) is 2. The molecule has 0 fully saturated rings. The number of aromatic amines is 1. The van der Waals surface area contributed by atoms with Crippen LogP contribution < -0.4 is 14.8 Å². The van der Waals surface area contributed by atoms with Crippen LogP contribution >= 0.6 is 11.6 Å². The average molecular weight is 403 g/mol. The highest BCUT2D eigenvalue weighted by Gasteiger charge is 2.20. The maximum atomic E-state index is 11.8. The van der Waals surface area contributed by atoms with Gasteiger partial charge in [-0.3, -0.25) is 10.1 Å². The number of carbonyl (C=O) groups is 1. The normalized spacial score (nSPS) is 12.1. The van der Waals surface area contributed by atoms with Gasteiger partial charge in [-0.15, -0.1) is 0 Å². The van der Waals surface area contributed by atoms with Crippen LogP contribution in [0.2, 0.25) is 5.02 Å². The van der Waals surface area contributed by atoms with E-state index in [9.17, 15) is 9.90 Å². The van der Waals surface area contributed by atoms with E-state index in [-0.39, 0.29) is 0 Å². The third-order valence-corrected chi connectivity index (χ3v) is 4.92. The van der Waals surface area contributed by atoms with Crippen molar-refractivity contribution < 1.29 is 19.4 Å². The van der Waals surface area contributed by atoms with Crippen LogP contribution in [0.3, 0.4) is 0 Å². The molecule has 2 aromatic carbocycles. The van der Waals surface area contributed by atoms with Gasteiger partial charge in [-0.25, -0.2) is 0 Å². The Bertz CT molecular complexity index is 970. The zero-order chi connectivity index (χ0) is 20.1. The van der Waals surface area contributed by atoms with Crippen LogP contribution in [0.4, 0.5) is 0 Å². The molecule has 28 heavy (non-hydrogen) atoms. The number of hydrogen-bond donors (Lipinski definition) is 3. The number of para-hydroxylation sites is 1.